The minimum atomic E-state index is -0.850. The topological polar surface area (TPSA) is 245 Å². The number of pyridine rings is 1. The van der Waals surface area contributed by atoms with Crippen molar-refractivity contribution in [2.24, 2.45) is 17.3 Å². The summed E-state index contributed by atoms with van der Waals surface area (Å²) in [6.45, 7) is 12.7. The number of alkyl halides is 1. The molecule has 1 unspecified atom stereocenters. The summed E-state index contributed by atoms with van der Waals surface area (Å²) in [6.07, 6.45) is 1.65. The van der Waals surface area contributed by atoms with E-state index in [0.717, 1.165) is 21.4 Å². The van der Waals surface area contributed by atoms with Gasteiger partial charge < -0.3 is 49.6 Å². The molecule has 0 aliphatic carbocycles. The summed E-state index contributed by atoms with van der Waals surface area (Å²) in [5.74, 6) is -2.76. The largest absolute Gasteiger partial charge is 0.508 e. The number of nitrogens with zero attached hydrogens (tertiary/aromatic N) is 7. The first-order valence-electron chi connectivity index (χ1n) is 27.4. The Bertz CT molecular complexity index is 3460. The number of aromatic nitrogens is 2. The number of amides is 8. The molecule has 8 rings (SSSR count). The highest BCUT2D eigenvalue weighted by Crippen LogP contribution is 2.47. The molecule has 21 nitrogen and oxygen atoms in total. The maximum absolute atomic E-state index is 14.7. The molecule has 22 heteroatoms. The fourth-order valence-corrected chi connectivity index (χ4v) is 10.8. The zero-order chi connectivity index (χ0) is 60.2. The Hall–Kier alpha value is -8.56. The molecule has 4 N–H and O–H groups in total. The number of imidazole rings is 1. The zero-order valence-electron chi connectivity index (χ0n) is 48.3. The van der Waals surface area contributed by atoms with E-state index in [-0.39, 0.29) is 98.4 Å². The highest BCUT2D eigenvalue weighted by atomic mass is 35.5. The fourth-order valence-electron chi connectivity index (χ4n) is 10.5. The number of rotatable bonds is 19. The molecule has 8 amide bonds. The van der Waals surface area contributed by atoms with E-state index >= 15 is 0 Å². The second-order valence-electron chi connectivity index (χ2n) is 22.8. The number of phenols is 1. The SMILES string of the molecule is Cc1cccc2c(OC(=O)N(CCN(C)C(=O)OCc3ccc(NC(=O)[C@H](C)NC(=O)[C@H](C(C)C)N(C)C)cc3)CCN3C(=O)CC(C(C)(C)C)C3=O)cc3c(c12)[C@H](CCl)CN3C(=O)c1cn2cc(NC(=O)c3ccc(O)cc3)ccc2n1. The van der Waals surface area contributed by atoms with Gasteiger partial charge in [-0.2, -0.15) is 0 Å². The Morgan fingerprint density at radius 3 is 2.19 bits per heavy atom. The van der Waals surface area contributed by atoms with Gasteiger partial charge in [0.2, 0.25) is 23.6 Å². The number of halogens is 1. The van der Waals surface area contributed by atoms with Crippen molar-refractivity contribution in [1.82, 2.24) is 34.3 Å². The number of hydrogen-bond donors (Lipinski definition) is 4. The van der Waals surface area contributed by atoms with E-state index in [9.17, 15) is 43.5 Å². The molecule has 0 spiro atoms. The van der Waals surface area contributed by atoms with Crippen LogP contribution in [0, 0.1) is 24.2 Å². The van der Waals surface area contributed by atoms with Crippen molar-refractivity contribution in [2.45, 2.75) is 79.5 Å². The van der Waals surface area contributed by atoms with Gasteiger partial charge in [-0.25, -0.2) is 14.6 Å². The predicted molar refractivity (Wildman–Crippen MR) is 315 cm³/mol. The number of benzene rings is 4. The first-order chi connectivity index (χ1) is 39.3. The zero-order valence-corrected chi connectivity index (χ0v) is 49.1. The number of likely N-dealkylation sites (N-methyl/N-ethyl adjacent to an activating group) is 2. The summed E-state index contributed by atoms with van der Waals surface area (Å²) in [5, 5.41) is 19.4. The second kappa shape index (κ2) is 25.3. The summed E-state index contributed by atoms with van der Waals surface area (Å²) in [7, 11) is 5.12. The van der Waals surface area contributed by atoms with E-state index in [0.29, 0.717) is 39.2 Å². The number of carbonyl (C=O) groups is 8. The van der Waals surface area contributed by atoms with Gasteiger partial charge in [-0.1, -0.05) is 65.0 Å². The molecule has 2 aromatic heterocycles. The predicted octanol–water partition coefficient (Wildman–Crippen LogP) is 8.26. The standard InChI is InChI=1S/C61H71ClN10O11/c1-35(2)53(67(8)9)56(77)63-37(4)54(75)64-41-18-14-38(15-19-41)34-82-59(80)68(10)24-25-69(26-27-71-50(74)28-45(57(71)78)61(5,6)7)60(81)83-48-29-47-52(51-36(3)12-11-13-44(48)51)40(30-62)31-72(47)58(79)46-33-70-32-42(20-23-49(70)66-46)65-55(76)39-16-21-43(73)22-17-39/h11-23,29,32-33,35,37,40,45,53,73H,24-28,30-31,34H2,1-10H3,(H,63,77)(H,64,75)(H,65,76)/t37-,40+,45?,53-/m0/s1. The quantitative estimate of drug-likeness (QED) is 0.0441. The third-order valence-electron chi connectivity index (χ3n) is 15.1. The minimum Gasteiger partial charge on any atom is -0.508 e. The van der Waals surface area contributed by atoms with Gasteiger partial charge in [-0.3, -0.25) is 38.6 Å². The highest BCUT2D eigenvalue weighted by Gasteiger charge is 2.45. The summed E-state index contributed by atoms with van der Waals surface area (Å²) in [5.41, 5.74) is 3.97. The monoisotopic (exact) mass is 1150 g/mol. The van der Waals surface area contributed by atoms with E-state index < -0.39 is 53.3 Å². The number of carbonyl (C=O) groups excluding carboxylic acids is 8. The van der Waals surface area contributed by atoms with Gasteiger partial charge in [0, 0.05) is 93.1 Å². The molecule has 6 aromatic rings. The van der Waals surface area contributed by atoms with Gasteiger partial charge in [0.1, 0.15) is 35.5 Å². The van der Waals surface area contributed by atoms with Crippen LogP contribution in [0.1, 0.15) is 91.4 Å². The molecule has 4 heterocycles. The van der Waals surface area contributed by atoms with Crippen LogP contribution in [0.4, 0.5) is 26.7 Å². The van der Waals surface area contributed by atoms with Crippen molar-refractivity contribution in [2.75, 3.05) is 75.3 Å². The van der Waals surface area contributed by atoms with Gasteiger partial charge in [0.25, 0.3) is 11.8 Å². The Morgan fingerprint density at radius 2 is 1.54 bits per heavy atom. The summed E-state index contributed by atoms with van der Waals surface area (Å²) >= 11 is 6.67. The molecular formula is C61H71ClN10O11. The van der Waals surface area contributed by atoms with Crippen LogP contribution in [0.15, 0.2) is 97.3 Å². The van der Waals surface area contributed by atoms with E-state index in [4.69, 9.17) is 21.1 Å². The smallest absolute Gasteiger partial charge is 0.415 e. The summed E-state index contributed by atoms with van der Waals surface area (Å²) in [4.78, 5) is 120. The van der Waals surface area contributed by atoms with Gasteiger partial charge in [0.05, 0.1) is 23.3 Å². The molecule has 2 aliphatic heterocycles. The lowest BCUT2D eigenvalue weighted by Crippen LogP contribution is -2.51. The van der Waals surface area contributed by atoms with E-state index in [2.05, 4.69) is 20.9 Å². The van der Waals surface area contributed by atoms with Crippen LogP contribution in [0.3, 0.4) is 0 Å². The highest BCUT2D eigenvalue weighted by molar-refractivity contribution is 6.19. The third-order valence-corrected chi connectivity index (χ3v) is 15.5. The first-order valence-corrected chi connectivity index (χ1v) is 28.0. The van der Waals surface area contributed by atoms with Gasteiger partial charge >= 0.3 is 12.2 Å². The normalized spacial score (nSPS) is 15.8. The Balaban J connectivity index is 0.982. The lowest BCUT2D eigenvalue weighted by molar-refractivity contribution is -0.140. The number of imide groups is 1. The fraction of sp³-hybridized carbons (Fsp3) is 0.393. The van der Waals surface area contributed by atoms with Crippen molar-refractivity contribution in [3.63, 3.8) is 0 Å². The number of nitrogens with one attached hydrogen (secondary N) is 3. The average Bonchev–Trinajstić information content (AvgIpc) is 2.18. The molecule has 2 aliphatic rings. The summed E-state index contributed by atoms with van der Waals surface area (Å²) < 4.78 is 13.6. The Morgan fingerprint density at radius 1 is 0.843 bits per heavy atom. The molecule has 0 bridgehead atoms. The number of aromatic hydroxyl groups is 1. The van der Waals surface area contributed by atoms with Gasteiger partial charge in [0.15, 0.2) is 0 Å². The molecule has 4 atom stereocenters. The third kappa shape index (κ3) is 13.7. The maximum Gasteiger partial charge on any atom is 0.415 e. The van der Waals surface area contributed by atoms with Crippen molar-refractivity contribution in [1.29, 1.82) is 0 Å². The van der Waals surface area contributed by atoms with E-state index in [1.807, 2.05) is 73.8 Å². The van der Waals surface area contributed by atoms with Crippen LogP contribution < -0.4 is 25.6 Å². The lowest BCUT2D eigenvalue weighted by Gasteiger charge is -2.28. The van der Waals surface area contributed by atoms with Crippen molar-refractivity contribution in [3.8, 4) is 11.5 Å². The van der Waals surface area contributed by atoms with Crippen molar-refractivity contribution < 1.29 is 52.9 Å². The van der Waals surface area contributed by atoms with Crippen LogP contribution in [0.2, 0.25) is 0 Å². The van der Waals surface area contributed by atoms with Crippen LogP contribution in [0.25, 0.3) is 16.4 Å². The number of aryl methyl sites for hydroxylation is 1. The minimum absolute atomic E-state index is 0.0270. The Labute approximate surface area is 486 Å². The lowest BCUT2D eigenvalue weighted by atomic mass is 9.80. The van der Waals surface area contributed by atoms with Crippen LogP contribution >= 0.6 is 11.6 Å². The van der Waals surface area contributed by atoms with Crippen LogP contribution in [-0.2, 0) is 30.5 Å². The number of anilines is 3. The average molecular weight is 1160 g/mol. The van der Waals surface area contributed by atoms with Crippen LogP contribution in [-0.4, -0.2) is 154 Å². The first kappa shape index (κ1) is 60.5. The van der Waals surface area contributed by atoms with Crippen LogP contribution in [0.5, 0.6) is 11.5 Å². The maximum atomic E-state index is 14.7. The van der Waals surface area contributed by atoms with Gasteiger partial charge in [-0.15, -0.1) is 11.6 Å². The molecule has 0 saturated carbocycles. The molecule has 4 aromatic carbocycles. The van der Waals surface area contributed by atoms with E-state index in [1.54, 1.807) is 76.0 Å². The molecule has 83 heavy (non-hydrogen) atoms. The number of hydrogen-bond acceptors (Lipinski definition) is 13. The number of ether oxygens (including phenoxy) is 2. The Kier molecular flexibility index (Phi) is 18.4. The molecule has 438 valence electrons. The van der Waals surface area contributed by atoms with Crippen molar-refractivity contribution >= 4 is 92.7 Å². The molecular weight excluding hydrogens is 1080 g/mol. The molecule has 1 saturated heterocycles. The second-order valence-corrected chi connectivity index (χ2v) is 23.1. The number of phenolic OH excluding ortho intramolecular Hbond substituents is 1. The number of likely N-dealkylation sites (tertiary alicyclic amines) is 1. The number of fused-ring (bicyclic) bond motifs is 4. The van der Waals surface area contributed by atoms with Gasteiger partial charge in [-0.05, 0) is 110 Å². The van der Waals surface area contributed by atoms with Crippen molar-refractivity contribution in [3.05, 3.63) is 125 Å². The van der Waals surface area contributed by atoms with E-state index in [1.165, 1.54) is 41.1 Å². The molecule has 0 radical (unpaired) electrons. The summed E-state index contributed by atoms with van der Waals surface area (Å²) in [6, 6.07) is 21.8. The molecule has 1 fully saturated rings.